The summed E-state index contributed by atoms with van der Waals surface area (Å²) >= 11 is 0. The molecule has 0 aliphatic carbocycles. The number of hydrogen-bond acceptors (Lipinski definition) is 6. The lowest BCUT2D eigenvalue weighted by atomic mass is 10.1. The van der Waals surface area contributed by atoms with Crippen LogP contribution in [0.2, 0.25) is 0 Å². The summed E-state index contributed by atoms with van der Waals surface area (Å²) in [7, 11) is 0. The lowest BCUT2D eigenvalue weighted by molar-refractivity contribution is 0.122. The number of nitrogens with one attached hydrogen (secondary N) is 1. The van der Waals surface area contributed by atoms with Crippen molar-refractivity contribution in [1.82, 2.24) is 19.8 Å². The van der Waals surface area contributed by atoms with E-state index in [1.165, 1.54) is 23.1 Å². The molecule has 0 atom stereocenters. The molecule has 0 amide bonds. The molecule has 0 saturated carbocycles. The monoisotopic (exact) mass is 428 g/mol. The van der Waals surface area contributed by atoms with Crippen LogP contribution in [0.15, 0.2) is 42.7 Å². The molecule has 2 aromatic carbocycles. The Hall–Kier alpha value is -3.40. The van der Waals surface area contributed by atoms with Crippen LogP contribution in [0.1, 0.15) is 17.6 Å². The van der Waals surface area contributed by atoms with Gasteiger partial charge in [0.25, 0.3) is 6.43 Å². The minimum Gasteiger partial charge on any atom is -0.378 e. The van der Waals surface area contributed by atoms with Gasteiger partial charge in [0.1, 0.15) is 12.1 Å². The summed E-state index contributed by atoms with van der Waals surface area (Å²) in [6, 6.07) is 9.95. The molecule has 160 valence electrons. The van der Waals surface area contributed by atoms with Crippen molar-refractivity contribution in [3.8, 4) is 0 Å². The second-order valence-electron chi connectivity index (χ2n) is 7.23. The van der Waals surface area contributed by atoms with Crippen LogP contribution in [0.3, 0.4) is 0 Å². The SMILES string of the molecule is Fc1c(CNc2nn3ncnc3c3ccc(N4CCOCC4)cc23)cccc1C(F)F. The average Bonchev–Trinajstić information content (AvgIpc) is 3.27. The number of fused-ring (bicyclic) bond motifs is 3. The third-order valence-corrected chi connectivity index (χ3v) is 5.39. The first-order valence-corrected chi connectivity index (χ1v) is 9.87. The third-order valence-electron chi connectivity index (χ3n) is 5.39. The molecular formula is C21H19F3N6O. The van der Waals surface area contributed by atoms with Crippen molar-refractivity contribution in [3.05, 3.63) is 59.7 Å². The zero-order chi connectivity index (χ0) is 21.4. The van der Waals surface area contributed by atoms with Gasteiger partial charge in [-0.25, -0.2) is 18.2 Å². The Labute approximate surface area is 175 Å². The number of anilines is 2. The predicted octanol–water partition coefficient (Wildman–Crippen LogP) is 3.80. The molecule has 1 aliphatic heterocycles. The topological polar surface area (TPSA) is 67.6 Å². The molecule has 2 aromatic heterocycles. The van der Waals surface area contributed by atoms with Crippen LogP contribution in [0.4, 0.5) is 24.7 Å². The molecule has 5 rings (SSSR count). The van der Waals surface area contributed by atoms with Crippen LogP contribution in [-0.4, -0.2) is 46.1 Å². The lowest BCUT2D eigenvalue weighted by Crippen LogP contribution is -2.36. The molecule has 1 aliphatic rings. The fourth-order valence-corrected chi connectivity index (χ4v) is 3.79. The number of ether oxygens (including phenoxy) is 1. The second kappa shape index (κ2) is 8.03. The van der Waals surface area contributed by atoms with Gasteiger partial charge in [-0.3, -0.25) is 0 Å². The van der Waals surface area contributed by atoms with Crippen LogP contribution in [0.5, 0.6) is 0 Å². The Morgan fingerprint density at radius 2 is 1.94 bits per heavy atom. The minimum atomic E-state index is -2.87. The van der Waals surface area contributed by atoms with E-state index in [1.54, 1.807) is 0 Å². The summed E-state index contributed by atoms with van der Waals surface area (Å²) in [5.41, 5.74) is 1.13. The summed E-state index contributed by atoms with van der Waals surface area (Å²) < 4.78 is 47.4. The fraction of sp³-hybridized carbons (Fsp3) is 0.286. The summed E-state index contributed by atoms with van der Waals surface area (Å²) in [5, 5.41) is 13.3. The quantitative estimate of drug-likeness (QED) is 0.522. The van der Waals surface area contributed by atoms with E-state index in [9.17, 15) is 13.2 Å². The zero-order valence-electron chi connectivity index (χ0n) is 16.4. The number of aromatic nitrogens is 4. The Bertz CT molecular complexity index is 1240. The van der Waals surface area contributed by atoms with E-state index in [2.05, 4.69) is 25.4 Å². The van der Waals surface area contributed by atoms with Gasteiger partial charge in [0.15, 0.2) is 11.5 Å². The van der Waals surface area contributed by atoms with E-state index >= 15 is 0 Å². The van der Waals surface area contributed by atoms with Gasteiger partial charge in [-0.15, -0.1) is 14.8 Å². The summed E-state index contributed by atoms with van der Waals surface area (Å²) in [6.07, 6.45) is -1.46. The van der Waals surface area contributed by atoms with Gasteiger partial charge in [-0.1, -0.05) is 18.2 Å². The molecule has 7 nitrogen and oxygen atoms in total. The Kier molecular flexibility index (Phi) is 5.06. The summed E-state index contributed by atoms with van der Waals surface area (Å²) in [5.74, 6) is -0.449. The highest BCUT2D eigenvalue weighted by atomic mass is 19.3. The molecule has 10 heteroatoms. The molecule has 1 saturated heterocycles. The van der Waals surface area contributed by atoms with Crippen molar-refractivity contribution in [2.24, 2.45) is 0 Å². The zero-order valence-corrected chi connectivity index (χ0v) is 16.4. The van der Waals surface area contributed by atoms with Gasteiger partial charge >= 0.3 is 0 Å². The molecular weight excluding hydrogens is 409 g/mol. The smallest absolute Gasteiger partial charge is 0.266 e. The third kappa shape index (κ3) is 3.63. The van der Waals surface area contributed by atoms with E-state index in [0.29, 0.717) is 24.7 Å². The minimum absolute atomic E-state index is 0.00349. The van der Waals surface area contributed by atoms with Crippen molar-refractivity contribution in [3.63, 3.8) is 0 Å². The standard InChI is InChI=1S/C21H19F3N6O/c22-18-13(2-1-3-16(18)19(23)24)11-25-20-17-10-14(29-6-8-31-9-7-29)4-5-15(17)21-26-12-27-30(21)28-20/h1-5,10,12,19H,6-9,11H2,(H,25,28). The number of morpholine rings is 1. The fourth-order valence-electron chi connectivity index (χ4n) is 3.79. The molecule has 31 heavy (non-hydrogen) atoms. The summed E-state index contributed by atoms with van der Waals surface area (Å²) in [6.45, 7) is 2.87. The highest BCUT2D eigenvalue weighted by molar-refractivity contribution is 6.01. The van der Waals surface area contributed by atoms with Gasteiger partial charge in [0, 0.05) is 41.7 Å². The van der Waals surface area contributed by atoms with Crippen molar-refractivity contribution in [1.29, 1.82) is 0 Å². The van der Waals surface area contributed by atoms with Crippen LogP contribution >= 0.6 is 0 Å². The van der Waals surface area contributed by atoms with Crippen LogP contribution in [0, 0.1) is 5.82 Å². The van der Waals surface area contributed by atoms with Crippen molar-refractivity contribution >= 4 is 27.9 Å². The molecule has 4 aromatic rings. The maximum absolute atomic E-state index is 14.5. The van der Waals surface area contributed by atoms with Gasteiger partial charge in [-0.2, -0.15) is 0 Å². The molecule has 0 spiro atoms. The van der Waals surface area contributed by atoms with Crippen molar-refractivity contribution in [2.75, 3.05) is 36.5 Å². The number of alkyl halides is 2. The predicted molar refractivity (Wildman–Crippen MR) is 110 cm³/mol. The second-order valence-corrected chi connectivity index (χ2v) is 7.23. The molecule has 3 heterocycles. The molecule has 1 fully saturated rings. The first-order chi connectivity index (χ1) is 15.1. The van der Waals surface area contributed by atoms with Gasteiger partial charge in [0.2, 0.25) is 0 Å². The number of rotatable bonds is 5. The van der Waals surface area contributed by atoms with Crippen molar-refractivity contribution < 1.29 is 17.9 Å². The first-order valence-electron chi connectivity index (χ1n) is 9.87. The summed E-state index contributed by atoms with van der Waals surface area (Å²) in [4.78, 5) is 6.49. The Balaban J connectivity index is 1.54. The van der Waals surface area contributed by atoms with Crippen LogP contribution in [-0.2, 0) is 11.3 Å². The highest BCUT2D eigenvalue weighted by Crippen LogP contribution is 2.30. The molecule has 1 N–H and O–H groups in total. The maximum Gasteiger partial charge on any atom is 0.266 e. The Morgan fingerprint density at radius 1 is 1.10 bits per heavy atom. The highest BCUT2D eigenvalue weighted by Gasteiger charge is 2.18. The Morgan fingerprint density at radius 3 is 2.74 bits per heavy atom. The largest absolute Gasteiger partial charge is 0.378 e. The van der Waals surface area contributed by atoms with Gasteiger partial charge < -0.3 is 15.0 Å². The van der Waals surface area contributed by atoms with Crippen LogP contribution in [0.25, 0.3) is 16.4 Å². The van der Waals surface area contributed by atoms with E-state index < -0.39 is 17.8 Å². The molecule has 0 bridgehead atoms. The average molecular weight is 428 g/mol. The van der Waals surface area contributed by atoms with E-state index in [0.717, 1.165) is 35.6 Å². The maximum atomic E-state index is 14.5. The molecule has 0 unspecified atom stereocenters. The van der Waals surface area contributed by atoms with E-state index in [-0.39, 0.29) is 12.1 Å². The van der Waals surface area contributed by atoms with E-state index in [4.69, 9.17) is 4.74 Å². The van der Waals surface area contributed by atoms with E-state index in [1.807, 2.05) is 18.2 Å². The number of hydrogen-bond donors (Lipinski definition) is 1. The molecule has 0 radical (unpaired) electrons. The number of benzene rings is 2. The lowest BCUT2D eigenvalue weighted by Gasteiger charge is -2.29. The number of nitrogens with zero attached hydrogens (tertiary/aromatic N) is 5. The first kappa shape index (κ1) is 19.6. The van der Waals surface area contributed by atoms with Gasteiger partial charge in [-0.05, 0) is 18.2 Å². The van der Waals surface area contributed by atoms with Crippen LogP contribution < -0.4 is 10.2 Å². The van der Waals surface area contributed by atoms with Crippen molar-refractivity contribution in [2.45, 2.75) is 13.0 Å². The normalized spacial score (nSPS) is 14.6. The number of halogens is 3. The van der Waals surface area contributed by atoms with Gasteiger partial charge in [0.05, 0.1) is 18.8 Å².